The summed E-state index contributed by atoms with van der Waals surface area (Å²) in [4.78, 5) is 4.37. The SMILES string of the molecule is CC(C)c1ccc2c(N)[nH]nc2n1. The monoisotopic (exact) mass is 176 g/mol. The number of H-pyrrole nitrogens is 1. The lowest BCUT2D eigenvalue weighted by Crippen LogP contribution is -1.92. The Bertz CT molecular complexity index is 430. The van der Waals surface area contributed by atoms with Crippen LogP contribution in [0.3, 0.4) is 0 Å². The standard InChI is InChI=1S/C9H12N4/c1-5(2)7-4-3-6-8(10)12-13-9(6)11-7/h3-5H,1-2H3,(H3,10,11,12,13). The molecule has 0 aromatic carbocycles. The number of hydrogen-bond acceptors (Lipinski definition) is 3. The molecule has 0 fully saturated rings. The van der Waals surface area contributed by atoms with Crippen LogP contribution in [0.15, 0.2) is 12.1 Å². The first kappa shape index (κ1) is 8.04. The van der Waals surface area contributed by atoms with E-state index in [9.17, 15) is 0 Å². The van der Waals surface area contributed by atoms with Crippen LogP contribution >= 0.6 is 0 Å². The average molecular weight is 176 g/mol. The Morgan fingerprint density at radius 2 is 2.15 bits per heavy atom. The minimum Gasteiger partial charge on any atom is -0.384 e. The zero-order valence-corrected chi connectivity index (χ0v) is 7.70. The van der Waals surface area contributed by atoms with Crippen LogP contribution in [-0.4, -0.2) is 15.2 Å². The summed E-state index contributed by atoms with van der Waals surface area (Å²) >= 11 is 0. The first-order chi connectivity index (χ1) is 6.18. The van der Waals surface area contributed by atoms with Gasteiger partial charge in [-0.2, -0.15) is 5.10 Å². The Hall–Kier alpha value is -1.58. The molecule has 0 bridgehead atoms. The van der Waals surface area contributed by atoms with Crippen molar-refractivity contribution in [3.63, 3.8) is 0 Å². The van der Waals surface area contributed by atoms with Crippen molar-refractivity contribution < 1.29 is 0 Å². The largest absolute Gasteiger partial charge is 0.384 e. The second-order valence-electron chi connectivity index (χ2n) is 3.40. The fourth-order valence-electron chi connectivity index (χ4n) is 1.25. The summed E-state index contributed by atoms with van der Waals surface area (Å²) in [6, 6.07) is 3.94. The molecule has 3 N–H and O–H groups in total. The highest BCUT2D eigenvalue weighted by Crippen LogP contribution is 2.19. The third-order valence-electron chi connectivity index (χ3n) is 2.06. The highest BCUT2D eigenvalue weighted by Gasteiger charge is 2.06. The van der Waals surface area contributed by atoms with Gasteiger partial charge in [-0.1, -0.05) is 13.8 Å². The molecule has 2 aromatic rings. The van der Waals surface area contributed by atoms with Crippen LogP contribution in [-0.2, 0) is 0 Å². The third-order valence-corrected chi connectivity index (χ3v) is 2.06. The summed E-state index contributed by atoms with van der Waals surface area (Å²) in [5.41, 5.74) is 7.38. The maximum atomic E-state index is 5.64. The number of rotatable bonds is 1. The number of nitrogens with one attached hydrogen (secondary N) is 1. The lowest BCUT2D eigenvalue weighted by molar-refractivity contribution is 0.827. The minimum atomic E-state index is 0.419. The van der Waals surface area contributed by atoms with Gasteiger partial charge in [-0.05, 0) is 18.1 Å². The highest BCUT2D eigenvalue weighted by atomic mass is 15.2. The van der Waals surface area contributed by atoms with Crippen LogP contribution in [0.2, 0.25) is 0 Å². The van der Waals surface area contributed by atoms with Crippen LogP contribution in [0.5, 0.6) is 0 Å². The number of fused-ring (bicyclic) bond motifs is 1. The second kappa shape index (κ2) is 2.73. The van der Waals surface area contributed by atoms with Gasteiger partial charge < -0.3 is 5.73 Å². The van der Waals surface area contributed by atoms with Gasteiger partial charge in [0.15, 0.2) is 5.65 Å². The molecule has 0 saturated heterocycles. The molecule has 0 atom stereocenters. The maximum Gasteiger partial charge on any atom is 0.183 e. The number of nitrogens with zero attached hydrogens (tertiary/aromatic N) is 2. The van der Waals surface area contributed by atoms with Crippen molar-refractivity contribution in [1.82, 2.24) is 15.2 Å². The van der Waals surface area contributed by atoms with E-state index in [4.69, 9.17) is 5.73 Å². The number of aromatic amines is 1. The molecule has 13 heavy (non-hydrogen) atoms. The van der Waals surface area contributed by atoms with Gasteiger partial charge in [-0.25, -0.2) is 4.98 Å². The predicted octanol–water partition coefficient (Wildman–Crippen LogP) is 1.66. The summed E-state index contributed by atoms with van der Waals surface area (Å²) in [5, 5.41) is 7.60. The topological polar surface area (TPSA) is 67.6 Å². The fraction of sp³-hybridized carbons (Fsp3) is 0.333. The molecule has 0 spiro atoms. The van der Waals surface area contributed by atoms with Crippen LogP contribution in [0.25, 0.3) is 11.0 Å². The lowest BCUT2D eigenvalue weighted by atomic mass is 10.1. The number of pyridine rings is 1. The van der Waals surface area contributed by atoms with E-state index in [-0.39, 0.29) is 0 Å². The Balaban J connectivity index is 2.63. The van der Waals surface area contributed by atoms with Crippen molar-refractivity contribution in [3.05, 3.63) is 17.8 Å². The number of hydrogen-bond donors (Lipinski definition) is 2. The quantitative estimate of drug-likeness (QED) is 0.694. The summed E-state index contributed by atoms with van der Waals surface area (Å²) in [7, 11) is 0. The molecule has 0 aliphatic rings. The van der Waals surface area contributed by atoms with E-state index >= 15 is 0 Å². The van der Waals surface area contributed by atoms with Crippen molar-refractivity contribution >= 4 is 16.9 Å². The Morgan fingerprint density at radius 1 is 1.38 bits per heavy atom. The molecule has 0 saturated carbocycles. The Morgan fingerprint density at radius 3 is 2.85 bits per heavy atom. The first-order valence-corrected chi connectivity index (χ1v) is 4.29. The average Bonchev–Trinajstić information content (AvgIpc) is 2.47. The van der Waals surface area contributed by atoms with Crippen LogP contribution in [0.4, 0.5) is 5.82 Å². The molecule has 4 nitrogen and oxygen atoms in total. The molecule has 0 unspecified atom stereocenters. The molecular formula is C9H12N4. The third kappa shape index (κ3) is 1.24. The van der Waals surface area contributed by atoms with Crippen molar-refractivity contribution in [2.75, 3.05) is 5.73 Å². The van der Waals surface area contributed by atoms with Gasteiger partial charge in [-0.15, -0.1) is 0 Å². The number of anilines is 1. The number of nitrogen functional groups attached to an aromatic ring is 1. The van der Waals surface area contributed by atoms with Gasteiger partial charge in [0.25, 0.3) is 0 Å². The normalized spacial score (nSPS) is 11.3. The molecule has 68 valence electrons. The lowest BCUT2D eigenvalue weighted by Gasteiger charge is -2.02. The molecule has 2 aromatic heterocycles. The number of nitrogens with two attached hydrogens (primary N) is 1. The summed E-state index contributed by atoms with van der Waals surface area (Å²) in [6.45, 7) is 4.20. The summed E-state index contributed by atoms with van der Waals surface area (Å²) in [5.74, 6) is 1.00. The first-order valence-electron chi connectivity index (χ1n) is 4.29. The molecule has 2 heterocycles. The van der Waals surface area contributed by atoms with Crippen molar-refractivity contribution in [1.29, 1.82) is 0 Å². The smallest absolute Gasteiger partial charge is 0.183 e. The van der Waals surface area contributed by atoms with E-state index in [2.05, 4.69) is 29.0 Å². The van der Waals surface area contributed by atoms with E-state index in [1.165, 1.54) is 0 Å². The van der Waals surface area contributed by atoms with E-state index in [0.717, 1.165) is 11.1 Å². The fourth-order valence-corrected chi connectivity index (χ4v) is 1.25. The van der Waals surface area contributed by atoms with Crippen molar-refractivity contribution in [2.24, 2.45) is 0 Å². The van der Waals surface area contributed by atoms with Gasteiger partial charge >= 0.3 is 0 Å². The van der Waals surface area contributed by atoms with Crippen molar-refractivity contribution in [2.45, 2.75) is 19.8 Å². The van der Waals surface area contributed by atoms with Gasteiger partial charge in [0.2, 0.25) is 0 Å². The van der Waals surface area contributed by atoms with E-state index < -0.39 is 0 Å². The Kier molecular flexibility index (Phi) is 1.69. The van der Waals surface area contributed by atoms with Crippen molar-refractivity contribution in [3.8, 4) is 0 Å². The van der Waals surface area contributed by atoms with E-state index in [1.807, 2.05) is 12.1 Å². The second-order valence-corrected chi connectivity index (χ2v) is 3.40. The maximum absolute atomic E-state index is 5.64. The molecule has 0 aliphatic carbocycles. The summed E-state index contributed by atoms with van der Waals surface area (Å²) < 4.78 is 0. The van der Waals surface area contributed by atoms with Gasteiger partial charge in [0, 0.05) is 5.69 Å². The van der Waals surface area contributed by atoms with Gasteiger partial charge in [0.05, 0.1) is 5.39 Å². The van der Waals surface area contributed by atoms with E-state index in [0.29, 0.717) is 17.4 Å². The zero-order valence-electron chi connectivity index (χ0n) is 7.70. The van der Waals surface area contributed by atoms with Gasteiger partial charge in [0.1, 0.15) is 5.82 Å². The zero-order chi connectivity index (χ0) is 9.42. The minimum absolute atomic E-state index is 0.419. The Labute approximate surface area is 76.2 Å². The molecule has 0 radical (unpaired) electrons. The molecular weight excluding hydrogens is 164 g/mol. The van der Waals surface area contributed by atoms with Gasteiger partial charge in [-0.3, -0.25) is 5.10 Å². The molecule has 2 rings (SSSR count). The highest BCUT2D eigenvalue weighted by molar-refractivity contribution is 5.85. The van der Waals surface area contributed by atoms with Crippen LogP contribution in [0, 0.1) is 0 Å². The van der Waals surface area contributed by atoms with Crippen LogP contribution in [0.1, 0.15) is 25.5 Å². The molecule has 0 amide bonds. The summed E-state index contributed by atoms with van der Waals surface area (Å²) in [6.07, 6.45) is 0. The number of aromatic nitrogens is 3. The molecule has 0 aliphatic heterocycles. The van der Waals surface area contributed by atoms with E-state index in [1.54, 1.807) is 0 Å². The van der Waals surface area contributed by atoms with Crippen LogP contribution < -0.4 is 5.73 Å². The predicted molar refractivity (Wildman–Crippen MR) is 52.4 cm³/mol. The molecule has 4 heteroatoms.